The Labute approximate surface area is 74.1 Å². The van der Waals surface area contributed by atoms with Gasteiger partial charge in [-0.3, -0.25) is 0 Å². The van der Waals surface area contributed by atoms with E-state index >= 15 is 0 Å². The van der Waals surface area contributed by atoms with Crippen LogP contribution in [0.5, 0.6) is 0 Å². The van der Waals surface area contributed by atoms with Gasteiger partial charge < -0.3 is 10.8 Å². The van der Waals surface area contributed by atoms with E-state index in [1.807, 2.05) is 6.92 Å². The van der Waals surface area contributed by atoms with Gasteiger partial charge in [0.05, 0.1) is 5.60 Å². The second kappa shape index (κ2) is 2.05. The average Bonchev–Trinajstić information content (AvgIpc) is 1.93. The zero-order valence-electron chi connectivity index (χ0n) is 8.17. The van der Waals surface area contributed by atoms with Crippen molar-refractivity contribution in [1.82, 2.24) is 0 Å². The van der Waals surface area contributed by atoms with Crippen molar-refractivity contribution >= 4 is 0 Å². The molecule has 3 rings (SSSR count). The Kier molecular flexibility index (Phi) is 1.45. The zero-order chi connectivity index (χ0) is 9.15. The van der Waals surface area contributed by atoms with E-state index in [9.17, 15) is 5.11 Å². The van der Waals surface area contributed by atoms with Crippen molar-refractivity contribution in [3.63, 3.8) is 0 Å². The van der Waals surface area contributed by atoms with Gasteiger partial charge in [0.15, 0.2) is 0 Å². The van der Waals surface area contributed by atoms with Crippen molar-refractivity contribution in [2.75, 3.05) is 0 Å². The van der Waals surface area contributed by atoms with Crippen LogP contribution in [0.25, 0.3) is 0 Å². The molecular weight excluding hydrogens is 150 g/mol. The molecule has 0 heterocycles. The summed E-state index contributed by atoms with van der Waals surface area (Å²) >= 11 is 0. The van der Waals surface area contributed by atoms with Crippen molar-refractivity contribution < 1.29 is 5.11 Å². The highest BCUT2D eigenvalue weighted by Crippen LogP contribution is 2.62. The standard InChI is InChI=1S/C10H19NO/c1-9(2)6-4-7(9)10(3,12)8(11)5-6/h6-8,12H,4-5,11H2,1-3H3/t6?,7?,8-,10+/m1/s1. The van der Waals surface area contributed by atoms with E-state index in [1.54, 1.807) is 0 Å². The minimum absolute atomic E-state index is 0.00530. The van der Waals surface area contributed by atoms with E-state index < -0.39 is 5.60 Å². The molecule has 0 aliphatic heterocycles. The van der Waals surface area contributed by atoms with Gasteiger partial charge in [0, 0.05) is 6.04 Å². The lowest BCUT2D eigenvalue weighted by molar-refractivity contribution is -0.202. The third-order valence-electron chi connectivity index (χ3n) is 4.47. The fraction of sp³-hybridized carbons (Fsp3) is 1.00. The molecule has 2 heteroatoms. The Morgan fingerprint density at radius 3 is 2.17 bits per heavy atom. The molecule has 2 nitrogen and oxygen atoms in total. The van der Waals surface area contributed by atoms with Crippen molar-refractivity contribution in [3.05, 3.63) is 0 Å². The molecule has 0 aromatic heterocycles. The molecule has 3 fully saturated rings. The summed E-state index contributed by atoms with van der Waals surface area (Å²) < 4.78 is 0. The average molecular weight is 169 g/mol. The Bertz CT molecular complexity index is 210. The maximum Gasteiger partial charge on any atom is 0.0803 e. The van der Waals surface area contributed by atoms with Crippen LogP contribution in [0.4, 0.5) is 0 Å². The Hall–Kier alpha value is -0.0800. The van der Waals surface area contributed by atoms with Crippen molar-refractivity contribution in [3.8, 4) is 0 Å². The lowest BCUT2D eigenvalue weighted by Crippen LogP contribution is -2.68. The van der Waals surface area contributed by atoms with E-state index in [0.717, 1.165) is 12.3 Å². The first-order valence-electron chi connectivity index (χ1n) is 4.84. The van der Waals surface area contributed by atoms with Gasteiger partial charge in [-0.1, -0.05) is 13.8 Å². The number of nitrogens with two attached hydrogens (primary N) is 1. The number of fused-ring (bicyclic) bond motifs is 2. The molecule has 0 aromatic rings. The molecule has 3 saturated carbocycles. The van der Waals surface area contributed by atoms with Gasteiger partial charge in [-0.15, -0.1) is 0 Å². The summed E-state index contributed by atoms with van der Waals surface area (Å²) in [5.74, 6) is 1.16. The summed E-state index contributed by atoms with van der Waals surface area (Å²) in [4.78, 5) is 0. The van der Waals surface area contributed by atoms with Crippen LogP contribution in [0, 0.1) is 17.3 Å². The number of rotatable bonds is 0. The molecule has 0 spiro atoms. The summed E-state index contributed by atoms with van der Waals surface area (Å²) in [6, 6.07) is -0.00530. The van der Waals surface area contributed by atoms with Crippen molar-refractivity contribution in [2.24, 2.45) is 23.0 Å². The molecule has 3 N–H and O–H groups in total. The monoisotopic (exact) mass is 169 g/mol. The van der Waals surface area contributed by atoms with Gasteiger partial charge in [0.25, 0.3) is 0 Å². The Morgan fingerprint density at radius 1 is 1.25 bits per heavy atom. The maximum absolute atomic E-state index is 10.2. The van der Waals surface area contributed by atoms with Gasteiger partial charge in [-0.05, 0) is 37.0 Å². The van der Waals surface area contributed by atoms with E-state index in [4.69, 9.17) is 5.73 Å². The second-order valence-electron chi connectivity index (χ2n) is 5.37. The van der Waals surface area contributed by atoms with Gasteiger partial charge in [-0.25, -0.2) is 0 Å². The van der Waals surface area contributed by atoms with E-state index in [0.29, 0.717) is 11.3 Å². The van der Waals surface area contributed by atoms with Crippen LogP contribution in [-0.4, -0.2) is 16.7 Å². The molecule has 0 radical (unpaired) electrons. The molecule has 0 saturated heterocycles. The summed E-state index contributed by atoms with van der Waals surface area (Å²) in [7, 11) is 0. The zero-order valence-corrected chi connectivity index (χ0v) is 8.17. The highest BCUT2D eigenvalue weighted by atomic mass is 16.3. The topological polar surface area (TPSA) is 46.2 Å². The van der Waals surface area contributed by atoms with Gasteiger partial charge in [0.1, 0.15) is 0 Å². The van der Waals surface area contributed by atoms with Gasteiger partial charge >= 0.3 is 0 Å². The molecule has 0 amide bonds. The highest BCUT2D eigenvalue weighted by molar-refractivity contribution is 5.13. The van der Waals surface area contributed by atoms with E-state index in [-0.39, 0.29) is 6.04 Å². The predicted molar refractivity (Wildman–Crippen MR) is 48.6 cm³/mol. The summed E-state index contributed by atoms with van der Waals surface area (Å²) in [5.41, 5.74) is 5.60. The molecule has 4 atom stereocenters. The fourth-order valence-electron chi connectivity index (χ4n) is 3.21. The van der Waals surface area contributed by atoms with Gasteiger partial charge in [-0.2, -0.15) is 0 Å². The fourth-order valence-corrected chi connectivity index (χ4v) is 3.21. The smallest absolute Gasteiger partial charge is 0.0803 e. The first kappa shape index (κ1) is 8.52. The van der Waals surface area contributed by atoms with Crippen LogP contribution in [0.2, 0.25) is 0 Å². The minimum Gasteiger partial charge on any atom is -0.388 e. The molecule has 2 unspecified atom stereocenters. The van der Waals surface area contributed by atoms with Crippen LogP contribution in [0.3, 0.4) is 0 Å². The lowest BCUT2D eigenvalue weighted by atomic mass is 9.43. The molecule has 12 heavy (non-hydrogen) atoms. The van der Waals surface area contributed by atoms with Crippen LogP contribution in [0.1, 0.15) is 33.6 Å². The van der Waals surface area contributed by atoms with E-state index in [2.05, 4.69) is 13.8 Å². The third-order valence-corrected chi connectivity index (χ3v) is 4.47. The number of hydrogen-bond acceptors (Lipinski definition) is 2. The third kappa shape index (κ3) is 0.775. The number of aliphatic hydroxyl groups is 1. The Morgan fingerprint density at radius 2 is 1.83 bits per heavy atom. The van der Waals surface area contributed by atoms with Crippen LogP contribution >= 0.6 is 0 Å². The molecule has 3 aliphatic carbocycles. The first-order valence-corrected chi connectivity index (χ1v) is 4.84. The maximum atomic E-state index is 10.2. The Balaban J connectivity index is 2.27. The summed E-state index contributed by atoms with van der Waals surface area (Å²) in [5, 5.41) is 10.2. The quantitative estimate of drug-likeness (QED) is 0.571. The minimum atomic E-state index is -0.627. The molecular formula is C10H19NO. The van der Waals surface area contributed by atoms with Crippen LogP contribution in [0.15, 0.2) is 0 Å². The largest absolute Gasteiger partial charge is 0.388 e. The lowest BCUT2D eigenvalue weighted by Gasteiger charge is -2.64. The van der Waals surface area contributed by atoms with Crippen LogP contribution in [-0.2, 0) is 0 Å². The first-order chi connectivity index (χ1) is 5.37. The van der Waals surface area contributed by atoms with Crippen LogP contribution < -0.4 is 5.73 Å². The summed E-state index contributed by atoms with van der Waals surface area (Å²) in [6.07, 6.45) is 2.17. The van der Waals surface area contributed by atoms with E-state index in [1.165, 1.54) is 6.42 Å². The molecule has 70 valence electrons. The normalized spacial score (nSPS) is 56.2. The highest BCUT2D eigenvalue weighted by Gasteiger charge is 2.61. The molecule has 2 bridgehead atoms. The van der Waals surface area contributed by atoms with Gasteiger partial charge in [0.2, 0.25) is 0 Å². The van der Waals surface area contributed by atoms with Crippen molar-refractivity contribution in [1.29, 1.82) is 0 Å². The molecule has 0 aromatic carbocycles. The molecule has 3 aliphatic rings. The summed E-state index contributed by atoms with van der Waals surface area (Å²) in [6.45, 7) is 6.41. The van der Waals surface area contributed by atoms with Crippen molar-refractivity contribution in [2.45, 2.75) is 45.3 Å². The number of hydrogen-bond donors (Lipinski definition) is 2. The predicted octanol–water partition coefficient (Wildman–Crippen LogP) is 1.13. The SMILES string of the molecule is CC1(C)C2CC1[C@](C)(O)[C@H](N)C2. The second-order valence-corrected chi connectivity index (χ2v) is 5.37.